The van der Waals surface area contributed by atoms with Crippen LogP contribution >= 0.6 is 0 Å². The number of carbonyl (C=O) groups excluding carboxylic acids is 1. The molecule has 0 aliphatic carbocycles. The molecule has 138 valence electrons. The lowest BCUT2D eigenvalue weighted by Crippen LogP contribution is -2.53. The van der Waals surface area contributed by atoms with Gasteiger partial charge in [-0.3, -0.25) is 9.69 Å². The van der Waals surface area contributed by atoms with Crippen molar-refractivity contribution in [3.63, 3.8) is 0 Å². The third-order valence-corrected chi connectivity index (χ3v) is 4.83. The molecule has 8 nitrogen and oxygen atoms in total. The Labute approximate surface area is 151 Å². The van der Waals surface area contributed by atoms with Crippen LogP contribution in [0.3, 0.4) is 0 Å². The zero-order valence-corrected chi connectivity index (χ0v) is 14.8. The largest absolute Gasteiger partial charge is 0.497 e. The van der Waals surface area contributed by atoms with Gasteiger partial charge in [-0.15, -0.1) is 0 Å². The highest BCUT2D eigenvalue weighted by Gasteiger charge is 2.32. The second-order valence-electron chi connectivity index (χ2n) is 6.56. The number of aromatic nitrogens is 2. The summed E-state index contributed by atoms with van der Waals surface area (Å²) in [6, 6.07) is 7.72. The first kappa shape index (κ1) is 17.0. The topological polar surface area (TPSA) is 80.9 Å². The van der Waals surface area contributed by atoms with Crippen molar-refractivity contribution in [2.24, 2.45) is 0 Å². The van der Waals surface area contributed by atoms with Crippen LogP contribution in [0.15, 0.2) is 28.8 Å². The molecule has 1 aromatic heterocycles. The van der Waals surface area contributed by atoms with Gasteiger partial charge in [-0.1, -0.05) is 11.2 Å². The van der Waals surface area contributed by atoms with E-state index < -0.39 is 0 Å². The summed E-state index contributed by atoms with van der Waals surface area (Å²) in [4.78, 5) is 20.9. The number of ether oxygens (including phenoxy) is 2. The van der Waals surface area contributed by atoms with Crippen molar-refractivity contribution < 1.29 is 18.8 Å². The van der Waals surface area contributed by atoms with E-state index in [-0.39, 0.29) is 11.9 Å². The molecule has 4 rings (SSSR count). The van der Waals surface area contributed by atoms with E-state index in [2.05, 4.69) is 15.0 Å². The maximum Gasteiger partial charge on any atom is 0.258 e. The quantitative estimate of drug-likeness (QED) is 0.794. The highest BCUT2D eigenvalue weighted by atomic mass is 16.5. The van der Waals surface area contributed by atoms with Crippen LogP contribution in [0.4, 0.5) is 0 Å². The fraction of sp³-hybridized carbons (Fsp3) is 0.500. The molecule has 0 radical (unpaired) electrons. The number of piperazine rings is 1. The van der Waals surface area contributed by atoms with Crippen LogP contribution in [0.25, 0.3) is 11.5 Å². The molecule has 8 heteroatoms. The molecule has 2 saturated heterocycles. The van der Waals surface area contributed by atoms with E-state index in [4.69, 9.17) is 14.0 Å². The van der Waals surface area contributed by atoms with Crippen LogP contribution in [0, 0.1) is 0 Å². The van der Waals surface area contributed by atoms with Crippen molar-refractivity contribution in [1.29, 1.82) is 0 Å². The molecule has 0 spiro atoms. The van der Waals surface area contributed by atoms with Crippen molar-refractivity contribution in [2.75, 3.05) is 40.0 Å². The maximum atomic E-state index is 12.4. The average Bonchev–Trinajstić information content (AvgIpc) is 3.34. The summed E-state index contributed by atoms with van der Waals surface area (Å²) in [6.45, 7) is 3.78. The summed E-state index contributed by atoms with van der Waals surface area (Å²) in [7, 11) is 1.62. The fourth-order valence-corrected chi connectivity index (χ4v) is 3.42. The minimum absolute atomic E-state index is 0.142. The Morgan fingerprint density at radius 1 is 1.35 bits per heavy atom. The molecule has 1 aromatic carbocycles. The van der Waals surface area contributed by atoms with Gasteiger partial charge in [0, 0.05) is 25.3 Å². The number of amides is 1. The number of benzene rings is 1. The first-order valence-electron chi connectivity index (χ1n) is 8.79. The molecular weight excluding hydrogens is 336 g/mol. The van der Waals surface area contributed by atoms with Gasteiger partial charge >= 0.3 is 0 Å². The van der Waals surface area contributed by atoms with Crippen LogP contribution in [0.1, 0.15) is 12.2 Å². The third-order valence-electron chi connectivity index (χ3n) is 4.83. The summed E-state index contributed by atoms with van der Waals surface area (Å²) in [5.74, 6) is 1.91. The number of carbonyl (C=O) groups is 1. The van der Waals surface area contributed by atoms with Crippen LogP contribution in [-0.2, 0) is 16.1 Å². The van der Waals surface area contributed by atoms with Gasteiger partial charge in [0.05, 0.1) is 32.8 Å². The van der Waals surface area contributed by atoms with Gasteiger partial charge in [-0.05, 0) is 24.6 Å². The van der Waals surface area contributed by atoms with E-state index in [1.807, 2.05) is 29.2 Å². The lowest BCUT2D eigenvalue weighted by Gasteiger charge is -2.36. The number of nitrogens with zero attached hydrogens (tertiary/aromatic N) is 4. The predicted molar refractivity (Wildman–Crippen MR) is 92.5 cm³/mol. The molecule has 1 atom stereocenters. The Bertz CT molecular complexity index is 772. The van der Waals surface area contributed by atoms with E-state index in [0.717, 1.165) is 30.9 Å². The molecule has 2 aliphatic rings. The van der Waals surface area contributed by atoms with Gasteiger partial charge in [-0.2, -0.15) is 4.98 Å². The van der Waals surface area contributed by atoms with Gasteiger partial charge in [0.2, 0.25) is 5.91 Å². The molecule has 0 bridgehead atoms. The van der Waals surface area contributed by atoms with Crippen molar-refractivity contribution in [3.05, 3.63) is 30.1 Å². The molecule has 2 fully saturated rings. The summed E-state index contributed by atoms with van der Waals surface area (Å²) < 4.78 is 16.0. The Hall–Kier alpha value is -2.45. The van der Waals surface area contributed by atoms with E-state index in [1.165, 1.54) is 0 Å². The second kappa shape index (κ2) is 7.43. The van der Waals surface area contributed by atoms with E-state index in [9.17, 15) is 4.79 Å². The second-order valence-corrected chi connectivity index (χ2v) is 6.56. The van der Waals surface area contributed by atoms with Gasteiger partial charge in [0.25, 0.3) is 5.89 Å². The minimum Gasteiger partial charge on any atom is -0.497 e. The molecule has 1 amide bonds. The standard InChI is InChI=1S/C18H22N4O4/c1-24-15-4-2-3-13(9-15)18-19-16(20-26-18)10-21-6-7-22(17(23)11-21)14-5-8-25-12-14/h2-4,9,14H,5-8,10-12H2,1H3. The average molecular weight is 358 g/mol. The first-order valence-corrected chi connectivity index (χ1v) is 8.79. The molecule has 0 N–H and O–H groups in total. The fourth-order valence-electron chi connectivity index (χ4n) is 3.42. The maximum absolute atomic E-state index is 12.4. The summed E-state index contributed by atoms with van der Waals surface area (Å²) in [6.07, 6.45) is 0.931. The molecule has 2 aliphatic heterocycles. The Kier molecular flexibility index (Phi) is 4.85. The molecule has 3 heterocycles. The van der Waals surface area contributed by atoms with E-state index in [1.54, 1.807) is 7.11 Å². The van der Waals surface area contributed by atoms with E-state index >= 15 is 0 Å². The lowest BCUT2D eigenvalue weighted by molar-refractivity contribution is -0.139. The molecule has 0 saturated carbocycles. The van der Waals surface area contributed by atoms with Crippen LogP contribution in [0.2, 0.25) is 0 Å². The van der Waals surface area contributed by atoms with Crippen LogP contribution < -0.4 is 4.74 Å². The SMILES string of the molecule is COc1cccc(-c2nc(CN3CCN(C4CCOC4)C(=O)C3)no2)c1. The van der Waals surface area contributed by atoms with Crippen molar-refractivity contribution in [2.45, 2.75) is 19.0 Å². The van der Waals surface area contributed by atoms with Crippen LogP contribution in [-0.4, -0.2) is 71.8 Å². The number of methoxy groups -OCH3 is 1. The highest BCUT2D eigenvalue weighted by Crippen LogP contribution is 2.23. The van der Waals surface area contributed by atoms with Gasteiger partial charge < -0.3 is 18.9 Å². The van der Waals surface area contributed by atoms with Crippen molar-refractivity contribution in [3.8, 4) is 17.2 Å². The molecule has 2 aromatic rings. The first-order chi connectivity index (χ1) is 12.7. The van der Waals surface area contributed by atoms with Crippen molar-refractivity contribution >= 4 is 5.91 Å². The zero-order chi connectivity index (χ0) is 17.9. The highest BCUT2D eigenvalue weighted by molar-refractivity contribution is 5.79. The number of hydrogen-bond donors (Lipinski definition) is 0. The smallest absolute Gasteiger partial charge is 0.258 e. The third kappa shape index (κ3) is 3.56. The van der Waals surface area contributed by atoms with Gasteiger partial charge in [0.15, 0.2) is 5.82 Å². The summed E-state index contributed by atoms with van der Waals surface area (Å²) in [5, 5.41) is 4.05. The Morgan fingerprint density at radius 3 is 3.04 bits per heavy atom. The zero-order valence-electron chi connectivity index (χ0n) is 14.8. The lowest BCUT2D eigenvalue weighted by atomic mass is 10.2. The predicted octanol–water partition coefficient (Wildman–Crippen LogP) is 1.18. The van der Waals surface area contributed by atoms with E-state index in [0.29, 0.717) is 38.0 Å². The molecular formula is C18H22N4O4. The van der Waals surface area contributed by atoms with Crippen LogP contribution in [0.5, 0.6) is 5.75 Å². The number of hydrogen-bond acceptors (Lipinski definition) is 7. The minimum atomic E-state index is 0.142. The molecule has 26 heavy (non-hydrogen) atoms. The Morgan fingerprint density at radius 2 is 2.27 bits per heavy atom. The van der Waals surface area contributed by atoms with Crippen molar-refractivity contribution in [1.82, 2.24) is 19.9 Å². The normalized spacial score (nSPS) is 21.3. The summed E-state index contributed by atoms with van der Waals surface area (Å²) in [5.41, 5.74) is 0.810. The Balaban J connectivity index is 1.38. The summed E-state index contributed by atoms with van der Waals surface area (Å²) >= 11 is 0. The number of rotatable bonds is 5. The van der Waals surface area contributed by atoms with Gasteiger partial charge in [0.1, 0.15) is 5.75 Å². The van der Waals surface area contributed by atoms with Gasteiger partial charge in [-0.25, -0.2) is 0 Å². The molecule has 1 unspecified atom stereocenters. The monoisotopic (exact) mass is 358 g/mol.